The Balaban J connectivity index is 2.69. The van der Waals surface area contributed by atoms with Crippen molar-refractivity contribution in [2.75, 3.05) is 0 Å². The van der Waals surface area contributed by atoms with Crippen LogP contribution in [0.25, 0.3) is 11.3 Å². The highest BCUT2D eigenvalue weighted by atomic mass is 79.9. The third-order valence-electron chi connectivity index (χ3n) is 2.28. The van der Waals surface area contributed by atoms with Crippen LogP contribution < -0.4 is 0 Å². The highest BCUT2D eigenvalue weighted by Crippen LogP contribution is 2.35. The first-order chi connectivity index (χ1) is 8.02. The summed E-state index contributed by atoms with van der Waals surface area (Å²) in [5.74, 6) is -0.835. The number of hydrogen-bond donors (Lipinski definition) is 1. The van der Waals surface area contributed by atoms with Gasteiger partial charge in [-0.15, -0.1) is 0 Å². The minimum absolute atomic E-state index is 0.0324. The second-order valence-electron chi connectivity index (χ2n) is 3.37. The number of rotatable bonds is 2. The van der Waals surface area contributed by atoms with Crippen molar-refractivity contribution in [2.24, 2.45) is 0 Å². The zero-order valence-electron chi connectivity index (χ0n) is 8.70. The molecule has 4 nitrogen and oxygen atoms in total. The summed E-state index contributed by atoms with van der Waals surface area (Å²) < 4.78 is 5.58. The number of benzene rings is 1. The molecule has 17 heavy (non-hydrogen) atoms. The first kappa shape index (κ1) is 12.1. The van der Waals surface area contributed by atoms with Crippen molar-refractivity contribution in [3.63, 3.8) is 0 Å². The molecule has 0 saturated carbocycles. The average molecular weight is 317 g/mol. The van der Waals surface area contributed by atoms with E-state index in [9.17, 15) is 4.79 Å². The van der Waals surface area contributed by atoms with Gasteiger partial charge in [-0.05, 0) is 28.9 Å². The second-order valence-corrected chi connectivity index (χ2v) is 4.60. The third-order valence-corrected chi connectivity index (χ3v) is 3.58. The molecule has 1 heterocycles. The Hall–Kier alpha value is -1.33. The Kier molecular flexibility index (Phi) is 3.22. The minimum atomic E-state index is -1.09. The summed E-state index contributed by atoms with van der Waals surface area (Å²) in [6, 6.07) is 5.21. The van der Waals surface area contributed by atoms with E-state index in [0.717, 1.165) is 0 Å². The number of carboxylic acid groups (broad SMARTS) is 1. The standard InChI is InChI=1S/C11H7BrClNO3/c1-5-8(11(15)16)10(14-17-5)6-3-2-4-7(12)9(6)13/h2-4H,1H3,(H,15,16). The molecule has 0 aliphatic rings. The number of carboxylic acids is 1. The summed E-state index contributed by atoms with van der Waals surface area (Å²) in [4.78, 5) is 11.1. The van der Waals surface area contributed by atoms with Gasteiger partial charge in [-0.25, -0.2) is 4.79 Å². The van der Waals surface area contributed by atoms with E-state index in [2.05, 4.69) is 21.1 Å². The largest absolute Gasteiger partial charge is 0.477 e. The Bertz CT molecular complexity index is 594. The maximum absolute atomic E-state index is 11.1. The fourth-order valence-electron chi connectivity index (χ4n) is 1.49. The lowest BCUT2D eigenvalue weighted by Crippen LogP contribution is -1.99. The summed E-state index contributed by atoms with van der Waals surface area (Å²) in [6.45, 7) is 1.55. The Labute approximate surface area is 110 Å². The monoisotopic (exact) mass is 315 g/mol. The van der Waals surface area contributed by atoms with Crippen LogP contribution in [-0.4, -0.2) is 16.2 Å². The molecule has 0 bridgehead atoms. The molecule has 1 aromatic heterocycles. The van der Waals surface area contributed by atoms with Crippen LogP contribution in [0.5, 0.6) is 0 Å². The normalized spacial score (nSPS) is 10.5. The molecule has 2 aromatic rings. The topological polar surface area (TPSA) is 63.3 Å². The quantitative estimate of drug-likeness (QED) is 0.916. The van der Waals surface area contributed by atoms with Gasteiger partial charge in [-0.3, -0.25) is 0 Å². The number of nitrogens with zero attached hydrogens (tertiary/aromatic N) is 1. The lowest BCUT2D eigenvalue weighted by Gasteiger charge is -2.03. The van der Waals surface area contributed by atoms with Crippen LogP contribution in [0, 0.1) is 6.92 Å². The highest BCUT2D eigenvalue weighted by molar-refractivity contribution is 9.10. The molecule has 88 valence electrons. The maximum Gasteiger partial charge on any atom is 0.341 e. The zero-order chi connectivity index (χ0) is 12.6. The number of hydrogen-bond acceptors (Lipinski definition) is 3. The summed E-state index contributed by atoms with van der Waals surface area (Å²) in [5.41, 5.74) is 0.793. The molecule has 0 fully saturated rings. The molecule has 0 unspecified atom stereocenters. The molecule has 0 aliphatic heterocycles. The van der Waals surface area contributed by atoms with Crippen LogP contribution in [0.3, 0.4) is 0 Å². The van der Waals surface area contributed by atoms with Gasteiger partial charge >= 0.3 is 5.97 Å². The van der Waals surface area contributed by atoms with E-state index >= 15 is 0 Å². The van der Waals surface area contributed by atoms with Gasteiger partial charge in [0.15, 0.2) is 0 Å². The summed E-state index contributed by atoms with van der Waals surface area (Å²) in [6.07, 6.45) is 0. The third kappa shape index (κ3) is 2.08. The van der Waals surface area contributed by atoms with Gasteiger partial charge in [0.2, 0.25) is 0 Å². The summed E-state index contributed by atoms with van der Waals surface area (Å²) in [7, 11) is 0. The fourth-order valence-corrected chi connectivity index (χ4v) is 2.08. The van der Waals surface area contributed by atoms with Crippen LogP contribution >= 0.6 is 27.5 Å². The van der Waals surface area contributed by atoms with Crippen LogP contribution in [0.1, 0.15) is 16.1 Å². The van der Waals surface area contributed by atoms with Crippen molar-refractivity contribution >= 4 is 33.5 Å². The van der Waals surface area contributed by atoms with E-state index in [0.29, 0.717) is 15.1 Å². The van der Waals surface area contributed by atoms with E-state index < -0.39 is 5.97 Å². The van der Waals surface area contributed by atoms with E-state index in [1.54, 1.807) is 25.1 Å². The molecule has 0 aliphatic carbocycles. The van der Waals surface area contributed by atoms with Crippen molar-refractivity contribution < 1.29 is 14.4 Å². The van der Waals surface area contributed by atoms with Crippen molar-refractivity contribution in [2.45, 2.75) is 6.92 Å². The zero-order valence-corrected chi connectivity index (χ0v) is 11.0. The number of carbonyl (C=O) groups is 1. The van der Waals surface area contributed by atoms with Crippen molar-refractivity contribution in [1.82, 2.24) is 5.16 Å². The van der Waals surface area contributed by atoms with Crippen LogP contribution in [0.4, 0.5) is 0 Å². The van der Waals surface area contributed by atoms with Crippen molar-refractivity contribution in [1.29, 1.82) is 0 Å². The second kappa shape index (κ2) is 4.50. The van der Waals surface area contributed by atoms with E-state index in [-0.39, 0.29) is 17.0 Å². The van der Waals surface area contributed by atoms with E-state index in [1.165, 1.54) is 0 Å². The van der Waals surface area contributed by atoms with Crippen LogP contribution in [0.2, 0.25) is 5.02 Å². The molecular formula is C11H7BrClNO3. The van der Waals surface area contributed by atoms with Gasteiger partial charge in [0.05, 0.1) is 5.02 Å². The molecule has 2 rings (SSSR count). The molecule has 6 heteroatoms. The van der Waals surface area contributed by atoms with E-state index in [4.69, 9.17) is 21.2 Å². The first-order valence-electron chi connectivity index (χ1n) is 4.66. The van der Waals surface area contributed by atoms with Crippen molar-refractivity contribution in [3.05, 3.63) is 39.0 Å². The molecule has 1 N–H and O–H groups in total. The Morgan fingerprint density at radius 1 is 1.53 bits per heavy atom. The lowest BCUT2D eigenvalue weighted by atomic mass is 10.1. The van der Waals surface area contributed by atoms with Crippen molar-refractivity contribution in [3.8, 4) is 11.3 Å². The van der Waals surface area contributed by atoms with Crippen LogP contribution in [0.15, 0.2) is 27.2 Å². The summed E-state index contributed by atoms with van der Waals surface area (Å²) in [5, 5.41) is 13.3. The van der Waals surface area contributed by atoms with Gasteiger partial charge < -0.3 is 9.63 Å². The van der Waals surface area contributed by atoms with Gasteiger partial charge in [-0.1, -0.05) is 28.9 Å². The smallest absolute Gasteiger partial charge is 0.341 e. The van der Waals surface area contributed by atoms with Gasteiger partial charge in [0, 0.05) is 10.0 Å². The highest BCUT2D eigenvalue weighted by Gasteiger charge is 2.22. The molecule has 0 atom stereocenters. The fraction of sp³-hybridized carbons (Fsp3) is 0.0909. The molecular weight excluding hydrogens is 309 g/mol. The number of halogens is 2. The number of aryl methyl sites for hydroxylation is 1. The van der Waals surface area contributed by atoms with E-state index in [1.807, 2.05) is 0 Å². The number of aromatic carboxylic acids is 1. The van der Waals surface area contributed by atoms with Gasteiger partial charge in [0.1, 0.15) is 17.0 Å². The Morgan fingerprint density at radius 2 is 2.24 bits per heavy atom. The lowest BCUT2D eigenvalue weighted by molar-refractivity contribution is 0.0696. The molecule has 0 amide bonds. The molecule has 0 radical (unpaired) electrons. The summed E-state index contributed by atoms with van der Waals surface area (Å²) >= 11 is 9.37. The predicted octanol–water partition coefficient (Wildman–Crippen LogP) is 3.76. The molecule has 0 spiro atoms. The Morgan fingerprint density at radius 3 is 2.88 bits per heavy atom. The van der Waals surface area contributed by atoms with Gasteiger partial charge in [0.25, 0.3) is 0 Å². The molecule has 0 saturated heterocycles. The molecule has 1 aromatic carbocycles. The van der Waals surface area contributed by atoms with Gasteiger partial charge in [-0.2, -0.15) is 0 Å². The number of aromatic nitrogens is 1. The SMILES string of the molecule is Cc1onc(-c2cccc(Br)c2Cl)c1C(=O)O. The average Bonchev–Trinajstić information content (AvgIpc) is 2.64. The maximum atomic E-state index is 11.1. The first-order valence-corrected chi connectivity index (χ1v) is 5.83. The van der Waals surface area contributed by atoms with Crippen LogP contribution in [-0.2, 0) is 0 Å². The predicted molar refractivity (Wildman–Crippen MR) is 66.3 cm³/mol. The minimum Gasteiger partial charge on any atom is -0.477 e.